The fourth-order valence-electron chi connectivity index (χ4n) is 3.11. The molecule has 1 aliphatic rings. The van der Waals surface area contributed by atoms with Crippen LogP contribution in [0.1, 0.15) is 21.5 Å². The van der Waals surface area contributed by atoms with Crippen LogP contribution in [-0.4, -0.2) is 27.8 Å². The molecule has 2 N–H and O–H groups in total. The summed E-state index contributed by atoms with van der Waals surface area (Å²) in [7, 11) is 0. The molecule has 0 aromatic heterocycles. The molecule has 0 unspecified atom stereocenters. The highest BCUT2D eigenvalue weighted by Gasteiger charge is 2.32. The van der Waals surface area contributed by atoms with Gasteiger partial charge < -0.3 is 10.2 Å². The van der Waals surface area contributed by atoms with E-state index in [4.69, 9.17) is 28.3 Å². The van der Waals surface area contributed by atoms with Crippen LogP contribution < -0.4 is 5.01 Å². The number of carboxylic acid groups (broad SMARTS) is 1. The van der Waals surface area contributed by atoms with Crippen molar-refractivity contribution in [1.29, 1.82) is 0 Å². The van der Waals surface area contributed by atoms with Crippen LogP contribution in [0.15, 0.2) is 77.4 Å². The van der Waals surface area contributed by atoms with Crippen molar-refractivity contribution in [1.82, 2.24) is 0 Å². The lowest BCUT2D eigenvalue weighted by molar-refractivity contribution is -0.114. The second-order valence-electron chi connectivity index (χ2n) is 6.67. The first-order chi connectivity index (χ1) is 14.8. The predicted octanol–water partition coefficient (Wildman–Crippen LogP) is 5.23. The van der Waals surface area contributed by atoms with Crippen molar-refractivity contribution in [2.45, 2.75) is 0 Å². The van der Waals surface area contributed by atoms with Crippen molar-refractivity contribution < 1.29 is 19.8 Å². The van der Waals surface area contributed by atoms with Crippen LogP contribution in [0.4, 0.5) is 5.69 Å². The molecule has 6 nitrogen and oxygen atoms in total. The number of nitrogens with zero attached hydrogens (tertiary/aromatic N) is 2. The van der Waals surface area contributed by atoms with Crippen LogP contribution in [0, 0.1) is 0 Å². The summed E-state index contributed by atoms with van der Waals surface area (Å²) in [4.78, 5) is 24.4. The molecule has 0 atom stereocenters. The Labute approximate surface area is 187 Å². The van der Waals surface area contributed by atoms with Gasteiger partial charge >= 0.3 is 5.97 Å². The Kier molecular flexibility index (Phi) is 5.50. The van der Waals surface area contributed by atoms with Crippen molar-refractivity contribution in [2.75, 3.05) is 5.01 Å². The number of anilines is 1. The second kappa shape index (κ2) is 8.26. The number of halogens is 2. The summed E-state index contributed by atoms with van der Waals surface area (Å²) in [5, 5.41) is 24.7. The normalized spacial score (nSPS) is 14.8. The van der Waals surface area contributed by atoms with E-state index in [1.807, 2.05) is 30.3 Å². The fraction of sp³-hybridized carbons (Fsp3) is 0. The quantitative estimate of drug-likeness (QED) is 0.530. The maximum absolute atomic E-state index is 13.3. The van der Waals surface area contributed by atoms with Crippen LogP contribution in [0.3, 0.4) is 0 Å². The van der Waals surface area contributed by atoms with E-state index in [1.165, 1.54) is 41.4 Å². The number of hydrazone groups is 1. The monoisotopic (exact) mass is 452 g/mol. The predicted molar refractivity (Wildman–Crippen MR) is 120 cm³/mol. The van der Waals surface area contributed by atoms with Gasteiger partial charge in [-0.05, 0) is 48.0 Å². The third-order valence-electron chi connectivity index (χ3n) is 4.63. The van der Waals surface area contributed by atoms with Crippen LogP contribution in [0.2, 0.25) is 10.0 Å². The van der Waals surface area contributed by atoms with E-state index in [-0.39, 0.29) is 21.4 Å². The van der Waals surface area contributed by atoms with E-state index in [1.54, 1.807) is 6.08 Å². The first kappa shape index (κ1) is 20.7. The zero-order valence-electron chi connectivity index (χ0n) is 15.8. The number of phenolic OH excluding ortho intramolecular Hbond substituents is 1. The van der Waals surface area contributed by atoms with Gasteiger partial charge in [0, 0.05) is 5.56 Å². The molecule has 8 heteroatoms. The molecule has 1 amide bonds. The Morgan fingerprint density at radius 1 is 0.968 bits per heavy atom. The molecule has 1 aliphatic heterocycles. The van der Waals surface area contributed by atoms with Gasteiger partial charge in [-0.15, -0.1) is 0 Å². The molecule has 0 spiro atoms. The lowest BCUT2D eigenvalue weighted by Crippen LogP contribution is -2.21. The summed E-state index contributed by atoms with van der Waals surface area (Å²) < 4.78 is 0. The highest BCUT2D eigenvalue weighted by molar-refractivity contribution is 6.39. The number of hydrogen-bond acceptors (Lipinski definition) is 4. The number of carbonyl (C=O) groups excluding carboxylic acids is 1. The van der Waals surface area contributed by atoms with Crippen molar-refractivity contribution in [3.8, 4) is 5.75 Å². The molecule has 0 saturated carbocycles. The molecule has 0 fully saturated rings. The number of rotatable bonds is 4. The highest BCUT2D eigenvalue weighted by atomic mass is 35.5. The standard InChI is InChI=1S/C23H14Cl2N2O4/c24-18-11-13(12-19(25)21(18)28)10-17-20(14-4-2-1-3-5-14)26-27(22(17)29)16-8-6-15(7-9-16)23(30)31/h1-12,28H,(H,30,31). The van der Waals surface area contributed by atoms with Crippen LogP contribution in [0.5, 0.6) is 5.75 Å². The first-order valence-electron chi connectivity index (χ1n) is 9.07. The summed E-state index contributed by atoms with van der Waals surface area (Å²) in [5.74, 6) is -1.70. The van der Waals surface area contributed by atoms with Gasteiger partial charge in [-0.1, -0.05) is 53.5 Å². The van der Waals surface area contributed by atoms with Crippen LogP contribution in [0.25, 0.3) is 6.08 Å². The summed E-state index contributed by atoms with van der Waals surface area (Å²) >= 11 is 12.0. The molecule has 3 aromatic carbocycles. The van der Waals surface area contributed by atoms with Crippen LogP contribution >= 0.6 is 23.2 Å². The molecule has 0 aliphatic carbocycles. The van der Waals surface area contributed by atoms with E-state index < -0.39 is 11.9 Å². The lowest BCUT2D eigenvalue weighted by atomic mass is 10.00. The van der Waals surface area contributed by atoms with Gasteiger partial charge in [0.2, 0.25) is 0 Å². The highest BCUT2D eigenvalue weighted by Crippen LogP contribution is 2.34. The minimum Gasteiger partial charge on any atom is -0.505 e. The Morgan fingerprint density at radius 2 is 1.58 bits per heavy atom. The summed E-state index contributed by atoms with van der Waals surface area (Å²) in [6.45, 7) is 0. The third kappa shape index (κ3) is 4.03. The number of aromatic carboxylic acids is 1. The minimum atomic E-state index is -1.06. The van der Waals surface area contributed by atoms with Gasteiger partial charge in [0.05, 0.1) is 26.9 Å². The maximum Gasteiger partial charge on any atom is 0.335 e. The topological polar surface area (TPSA) is 90.2 Å². The Morgan fingerprint density at radius 3 is 2.16 bits per heavy atom. The number of phenols is 1. The zero-order chi connectivity index (χ0) is 22.1. The number of amides is 1. The van der Waals surface area contributed by atoms with Crippen molar-refractivity contribution in [2.24, 2.45) is 5.10 Å². The molecule has 154 valence electrons. The van der Waals surface area contributed by atoms with Crippen molar-refractivity contribution >= 4 is 52.6 Å². The van der Waals surface area contributed by atoms with Gasteiger partial charge in [-0.2, -0.15) is 10.1 Å². The van der Waals surface area contributed by atoms with Gasteiger partial charge in [-0.25, -0.2) is 4.79 Å². The molecule has 1 heterocycles. The average molecular weight is 453 g/mol. The number of hydrogen-bond donors (Lipinski definition) is 2. The number of benzene rings is 3. The molecule has 0 bridgehead atoms. The summed E-state index contributed by atoms with van der Waals surface area (Å²) in [6.07, 6.45) is 1.59. The summed E-state index contributed by atoms with van der Waals surface area (Å²) in [6, 6.07) is 18.0. The molecular formula is C23H14Cl2N2O4. The van der Waals surface area contributed by atoms with Gasteiger partial charge in [0.15, 0.2) is 5.75 Å². The molecular weight excluding hydrogens is 439 g/mol. The van der Waals surface area contributed by atoms with E-state index in [0.29, 0.717) is 22.5 Å². The van der Waals surface area contributed by atoms with Crippen molar-refractivity contribution in [3.63, 3.8) is 0 Å². The van der Waals surface area contributed by atoms with Gasteiger partial charge in [-0.3, -0.25) is 4.79 Å². The lowest BCUT2D eigenvalue weighted by Gasteiger charge is -2.11. The van der Waals surface area contributed by atoms with Gasteiger partial charge in [0.1, 0.15) is 5.71 Å². The molecule has 31 heavy (non-hydrogen) atoms. The maximum atomic E-state index is 13.3. The number of carbonyl (C=O) groups is 2. The van der Waals surface area contributed by atoms with Crippen LogP contribution in [-0.2, 0) is 4.79 Å². The molecule has 0 radical (unpaired) electrons. The third-order valence-corrected chi connectivity index (χ3v) is 5.21. The van der Waals surface area contributed by atoms with Gasteiger partial charge in [0.25, 0.3) is 5.91 Å². The fourth-order valence-corrected chi connectivity index (χ4v) is 3.61. The zero-order valence-corrected chi connectivity index (χ0v) is 17.3. The van der Waals surface area contributed by atoms with E-state index in [9.17, 15) is 14.7 Å². The summed E-state index contributed by atoms with van der Waals surface area (Å²) in [5.41, 5.74) is 2.51. The van der Waals surface area contributed by atoms with E-state index in [2.05, 4.69) is 5.10 Å². The number of aromatic hydroxyl groups is 1. The number of carboxylic acids is 1. The Balaban J connectivity index is 1.81. The minimum absolute atomic E-state index is 0.0594. The van der Waals surface area contributed by atoms with E-state index in [0.717, 1.165) is 5.56 Å². The SMILES string of the molecule is O=C(O)c1ccc(N2N=C(c3ccccc3)C(=Cc3cc(Cl)c(O)c(Cl)c3)C2=O)cc1. The van der Waals surface area contributed by atoms with E-state index >= 15 is 0 Å². The Hall–Kier alpha value is -3.61. The second-order valence-corrected chi connectivity index (χ2v) is 7.49. The molecule has 4 rings (SSSR count). The largest absolute Gasteiger partial charge is 0.505 e. The molecule has 3 aromatic rings. The van der Waals surface area contributed by atoms with Crippen molar-refractivity contribution in [3.05, 3.63) is 99.0 Å². The average Bonchev–Trinajstić information content (AvgIpc) is 3.09. The Bertz CT molecular complexity index is 1230. The smallest absolute Gasteiger partial charge is 0.335 e. The first-order valence-corrected chi connectivity index (χ1v) is 9.82. The molecule has 0 saturated heterocycles.